The Bertz CT molecular complexity index is 704. The van der Waals surface area contributed by atoms with Crippen molar-refractivity contribution in [2.75, 3.05) is 18.1 Å². The first kappa shape index (κ1) is 16.7. The Morgan fingerprint density at radius 2 is 2.23 bits per heavy atom. The van der Waals surface area contributed by atoms with Crippen LogP contribution in [0.1, 0.15) is 0 Å². The first-order valence-corrected chi connectivity index (χ1v) is 7.93. The van der Waals surface area contributed by atoms with Crippen molar-refractivity contribution >= 4 is 40.9 Å². The number of aromatic nitrogens is 3. The molecular weight excluding hydrogens is 345 g/mol. The third kappa shape index (κ3) is 3.94. The molecule has 0 atom stereocenters. The van der Waals surface area contributed by atoms with Gasteiger partial charge in [0.25, 0.3) is 0 Å². The summed E-state index contributed by atoms with van der Waals surface area (Å²) in [7, 11) is 0. The number of carbonyl (C=O) groups is 1. The van der Waals surface area contributed by atoms with E-state index in [1.165, 1.54) is 16.4 Å². The molecule has 0 saturated carbocycles. The van der Waals surface area contributed by atoms with Crippen molar-refractivity contribution in [2.45, 2.75) is 5.16 Å². The molecule has 22 heavy (non-hydrogen) atoms. The molecule has 2 rings (SSSR count). The molecule has 0 radical (unpaired) electrons. The largest absolute Gasteiger partial charge is 0.352 e. The van der Waals surface area contributed by atoms with Crippen LogP contribution in [0.15, 0.2) is 36.0 Å². The zero-order valence-corrected chi connectivity index (χ0v) is 13.8. The molecule has 0 aliphatic carbocycles. The summed E-state index contributed by atoms with van der Waals surface area (Å²) in [6.45, 7) is 3.94. The van der Waals surface area contributed by atoms with Gasteiger partial charge in [0, 0.05) is 17.1 Å². The van der Waals surface area contributed by atoms with E-state index in [2.05, 4.69) is 22.1 Å². The number of hydrogen-bond acceptors (Lipinski definition) is 5. The van der Waals surface area contributed by atoms with E-state index in [1.54, 1.807) is 24.3 Å². The van der Waals surface area contributed by atoms with E-state index in [9.17, 15) is 4.79 Å². The molecule has 3 N–H and O–H groups in total. The molecule has 9 heteroatoms. The van der Waals surface area contributed by atoms with Crippen LogP contribution < -0.4 is 11.2 Å². The second-order valence-corrected chi connectivity index (χ2v) is 5.97. The minimum absolute atomic E-state index is 0.140. The standard InChI is InChI=1S/C13H13Cl2N5OS/c1-2-5-17-11(21)7-22-13-19-18-12(20(13)16)9-4-3-8(14)6-10(9)15/h2-4,6H,1,5,7,16H2,(H,17,21). The molecule has 0 bridgehead atoms. The van der Waals surface area contributed by atoms with Crippen molar-refractivity contribution < 1.29 is 4.79 Å². The zero-order chi connectivity index (χ0) is 16.1. The van der Waals surface area contributed by atoms with Crippen molar-refractivity contribution in [3.8, 4) is 11.4 Å². The number of thioether (sulfide) groups is 1. The highest BCUT2D eigenvalue weighted by molar-refractivity contribution is 7.99. The van der Waals surface area contributed by atoms with Gasteiger partial charge in [-0.2, -0.15) is 0 Å². The van der Waals surface area contributed by atoms with Gasteiger partial charge in [0.05, 0.1) is 10.8 Å². The first-order chi connectivity index (χ1) is 10.5. The smallest absolute Gasteiger partial charge is 0.230 e. The number of amides is 1. The van der Waals surface area contributed by atoms with Gasteiger partial charge < -0.3 is 11.2 Å². The highest BCUT2D eigenvalue weighted by atomic mass is 35.5. The number of halogens is 2. The summed E-state index contributed by atoms with van der Waals surface area (Å²) in [5.41, 5.74) is 0.615. The Balaban J connectivity index is 2.12. The van der Waals surface area contributed by atoms with Crippen LogP contribution in [0, 0.1) is 0 Å². The van der Waals surface area contributed by atoms with Crippen LogP contribution in [-0.4, -0.2) is 33.1 Å². The van der Waals surface area contributed by atoms with Gasteiger partial charge in [-0.1, -0.05) is 41.0 Å². The SMILES string of the molecule is C=CCNC(=O)CSc1nnc(-c2ccc(Cl)cc2Cl)n1N. The van der Waals surface area contributed by atoms with E-state index < -0.39 is 0 Å². The van der Waals surface area contributed by atoms with Gasteiger partial charge in [0.15, 0.2) is 5.82 Å². The lowest BCUT2D eigenvalue weighted by Crippen LogP contribution is -2.25. The molecule has 0 fully saturated rings. The number of nitrogens with one attached hydrogen (secondary N) is 1. The molecule has 1 aromatic heterocycles. The number of nitrogens with two attached hydrogens (primary N) is 1. The fraction of sp³-hybridized carbons (Fsp3) is 0.154. The van der Waals surface area contributed by atoms with Crippen LogP contribution in [0.5, 0.6) is 0 Å². The lowest BCUT2D eigenvalue weighted by atomic mass is 10.2. The van der Waals surface area contributed by atoms with E-state index in [-0.39, 0.29) is 11.7 Å². The average Bonchev–Trinajstić information content (AvgIpc) is 2.84. The minimum atomic E-state index is -0.140. The lowest BCUT2D eigenvalue weighted by Gasteiger charge is -2.05. The van der Waals surface area contributed by atoms with Crippen LogP contribution >= 0.6 is 35.0 Å². The van der Waals surface area contributed by atoms with Crippen LogP contribution in [0.25, 0.3) is 11.4 Å². The number of nitrogen functional groups attached to an aromatic ring is 1. The van der Waals surface area contributed by atoms with Crippen LogP contribution in [0.4, 0.5) is 0 Å². The van der Waals surface area contributed by atoms with Gasteiger partial charge >= 0.3 is 0 Å². The fourth-order valence-corrected chi connectivity index (χ4v) is 2.78. The van der Waals surface area contributed by atoms with Crippen molar-refractivity contribution in [2.24, 2.45) is 0 Å². The Hall–Kier alpha value is -1.70. The molecule has 0 aliphatic heterocycles. The van der Waals surface area contributed by atoms with Crippen molar-refractivity contribution in [1.29, 1.82) is 0 Å². The van der Waals surface area contributed by atoms with Crippen molar-refractivity contribution in [3.63, 3.8) is 0 Å². The molecule has 2 aromatic rings. The van der Waals surface area contributed by atoms with Crippen LogP contribution in [-0.2, 0) is 4.79 Å². The maximum absolute atomic E-state index is 11.5. The minimum Gasteiger partial charge on any atom is -0.352 e. The Morgan fingerprint density at radius 3 is 2.91 bits per heavy atom. The first-order valence-electron chi connectivity index (χ1n) is 6.19. The lowest BCUT2D eigenvalue weighted by molar-refractivity contribution is -0.118. The van der Waals surface area contributed by atoms with Gasteiger partial charge in [0.2, 0.25) is 11.1 Å². The molecule has 0 aliphatic rings. The summed E-state index contributed by atoms with van der Waals surface area (Å²) in [5, 5.41) is 12.0. The van der Waals surface area contributed by atoms with Crippen LogP contribution in [0.2, 0.25) is 10.0 Å². The molecule has 0 spiro atoms. The highest BCUT2D eigenvalue weighted by Crippen LogP contribution is 2.30. The maximum atomic E-state index is 11.5. The van der Waals surface area contributed by atoms with Gasteiger partial charge in [-0.3, -0.25) is 4.79 Å². The third-order valence-electron chi connectivity index (χ3n) is 2.61. The topological polar surface area (TPSA) is 85.8 Å². The van der Waals surface area contributed by atoms with E-state index in [4.69, 9.17) is 29.0 Å². The third-order valence-corrected chi connectivity index (χ3v) is 4.10. The fourth-order valence-electron chi connectivity index (χ4n) is 1.60. The predicted octanol–water partition coefficient (Wildman–Crippen LogP) is 2.36. The number of rotatable bonds is 6. The normalized spacial score (nSPS) is 10.5. The average molecular weight is 358 g/mol. The quantitative estimate of drug-likeness (QED) is 0.470. The van der Waals surface area contributed by atoms with Gasteiger partial charge in [-0.25, -0.2) is 4.68 Å². The van der Waals surface area contributed by atoms with E-state index in [1.807, 2.05) is 0 Å². The molecule has 0 saturated heterocycles. The number of nitrogens with zero attached hydrogens (tertiary/aromatic N) is 3. The second kappa shape index (κ2) is 7.53. The molecular formula is C13H13Cl2N5OS. The van der Waals surface area contributed by atoms with Crippen molar-refractivity contribution in [1.82, 2.24) is 20.2 Å². The van der Waals surface area contributed by atoms with Gasteiger partial charge in [-0.05, 0) is 18.2 Å². The Morgan fingerprint density at radius 1 is 1.45 bits per heavy atom. The second-order valence-electron chi connectivity index (χ2n) is 4.18. The summed E-state index contributed by atoms with van der Waals surface area (Å²) in [6, 6.07) is 5.00. The number of carbonyl (C=O) groups excluding carboxylic acids is 1. The molecule has 1 aromatic carbocycles. The molecule has 0 unspecified atom stereocenters. The highest BCUT2D eigenvalue weighted by Gasteiger charge is 2.16. The number of hydrogen-bond donors (Lipinski definition) is 2. The van der Waals surface area contributed by atoms with Crippen molar-refractivity contribution in [3.05, 3.63) is 40.9 Å². The van der Waals surface area contributed by atoms with E-state index in [0.29, 0.717) is 33.1 Å². The van der Waals surface area contributed by atoms with E-state index >= 15 is 0 Å². The molecule has 1 amide bonds. The van der Waals surface area contributed by atoms with E-state index in [0.717, 1.165) is 0 Å². The monoisotopic (exact) mass is 357 g/mol. The molecule has 6 nitrogen and oxygen atoms in total. The summed E-state index contributed by atoms with van der Waals surface area (Å²) in [4.78, 5) is 11.5. The number of benzene rings is 1. The summed E-state index contributed by atoms with van der Waals surface area (Å²) >= 11 is 13.2. The maximum Gasteiger partial charge on any atom is 0.230 e. The Labute approximate surface area is 141 Å². The molecule has 116 valence electrons. The van der Waals surface area contributed by atoms with Gasteiger partial charge in [-0.15, -0.1) is 16.8 Å². The van der Waals surface area contributed by atoms with Gasteiger partial charge in [0.1, 0.15) is 0 Å². The summed E-state index contributed by atoms with van der Waals surface area (Å²) in [6.07, 6.45) is 1.61. The summed E-state index contributed by atoms with van der Waals surface area (Å²) < 4.78 is 1.29. The zero-order valence-electron chi connectivity index (χ0n) is 11.4. The Kier molecular flexibility index (Phi) is 5.70. The predicted molar refractivity (Wildman–Crippen MR) is 89.6 cm³/mol. The molecule has 1 heterocycles. The summed E-state index contributed by atoms with van der Waals surface area (Å²) in [5.74, 6) is 6.40. The van der Waals surface area contributed by atoms with Crippen LogP contribution in [0.3, 0.4) is 0 Å².